The molecule has 2 unspecified atom stereocenters. The van der Waals surface area contributed by atoms with Crippen molar-refractivity contribution in [2.45, 2.75) is 25.7 Å². The first kappa shape index (κ1) is 12.1. The third-order valence-corrected chi connectivity index (χ3v) is 4.52. The average Bonchev–Trinajstić information content (AvgIpc) is 2.72. The van der Waals surface area contributed by atoms with E-state index in [2.05, 4.69) is 15.9 Å². The van der Waals surface area contributed by atoms with Crippen LogP contribution >= 0.6 is 15.9 Å². The van der Waals surface area contributed by atoms with Crippen molar-refractivity contribution < 1.29 is 4.39 Å². The van der Waals surface area contributed by atoms with Crippen LogP contribution in [0.25, 0.3) is 0 Å². The third-order valence-electron chi connectivity index (χ3n) is 3.63. The van der Waals surface area contributed by atoms with Gasteiger partial charge in [0, 0.05) is 0 Å². The Labute approximate surface area is 104 Å². The molecule has 0 amide bonds. The van der Waals surface area contributed by atoms with Crippen molar-refractivity contribution in [3.8, 4) is 0 Å². The van der Waals surface area contributed by atoms with Crippen molar-refractivity contribution in [2.24, 2.45) is 17.6 Å². The van der Waals surface area contributed by atoms with E-state index in [-0.39, 0.29) is 5.82 Å². The Balaban J connectivity index is 2.11. The lowest BCUT2D eigenvalue weighted by Gasteiger charge is -2.18. The molecule has 1 aromatic carbocycles. The minimum Gasteiger partial charge on any atom is -0.330 e. The van der Waals surface area contributed by atoms with E-state index in [9.17, 15) is 4.39 Å². The first-order valence-electron chi connectivity index (χ1n) is 5.85. The number of hydrogen-bond acceptors (Lipinski definition) is 1. The smallest absolute Gasteiger partial charge is 0.137 e. The van der Waals surface area contributed by atoms with Crippen LogP contribution in [0.1, 0.15) is 24.8 Å². The SMILES string of the molecule is NCC1CCCC1Cc1cccc(F)c1Br. The fourth-order valence-electron chi connectivity index (χ4n) is 2.68. The van der Waals surface area contributed by atoms with Crippen molar-refractivity contribution in [1.82, 2.24) is 0 Å². The molecule has 1 nitrogen and oxygen atoms in total. The highest BCUT2D eigenvalue weighted by atomic mass is 79.9. The summed E-state index contributed by atoms with van der Waals surface area (Å²) in [6.45, 7) is 0.762. The monoisotopic (exact) mass is 285 g/mol. The maximum absolute atomic E-state index is 13.4. The van der Waals surface area contributed by atoms with Gasteiger partial charge in [-0.15, -0.1) is 0 Å². The second-order valence-electron chi connectivity index (χ2n) is 4.60. The summed E-state index contributed by atoms with van der Waals surface area (Å²) in [6.07, 6.45) is 4.67. The molecule has 0 spiro atoms. The van der Waals surface area contributed by atoms with Crippen LogP contribution in [0, 0.1) is 17.7 Å². The lowest BCUT2D eigenvalue weighted by molar-refractivity contribution is 0.393. The molecule has 0 aliphatic heterocycles. The molecule has 2 atom stereocenters. The van der Waals surface area contributed by atoms with Crippen LogP contribution in [-0.2, 0) is 6.42 Å². The highest BCUT2D eigenvalue weighted by Gasteiger charge is 2.26. The maximum atomic E-state index is 13.4. The highest BCUT2D eigenvalue weighted by molar-refractivity contribution is 9.10. The summed E-state index contributed by atoms with van der Waals surface area (Å²) in [5.41, 5.74) is 6.83. The fourth-order valence-corrected chi connectivity index (χ4v) is 3.11. The fraction of sp³-hybridized carbons (Fsp3) is 0.538. The molecular formula is C13H17BrFN. The summed E-state index contributed by atoms with van der Waals surface area (Å²) in [7, 11) is 0. The summed E-state index contributed by atoms with van der Waals surface area (Å²) in [4.78, 5) is 0. The minimum absolute atomic E-state index is 0.167. The van der Waals surface area contributed by atoms with Crippen molar-refractivity contribution in [2.75, 3.05) is 6.54 Å². The average molecular weight is 286 g/mol. The van der Waals surface area contributed by atoms with E-state index >= 15 is 0 Å². The Bertz CT molecular complexity index is 367. The number of rotatable bonds is 3. The first-order chi connectivity index (χ1) is 7.72. The van der Waals surface area contributed by atoms with Gasteiger partial charge >= 0.3 is 0 Å². The van der Waals surface area contributed by atoms with Gasteiger partial charge in [-0.05, 0) is 65.2 Å². The van der Waals surface area contributed by atoms with Crippen LogP contribution < -0.4 is 5.73 Å². The predicted molar refractivity (Wildman–Crippen MR) is 67.7 cm³/mol. The van der Waals surface area contributed by atoms with Crippen molar-refractivity contribution in [1.29, 1.82) is 0 Å². The van der Waals surface area contributed by atoms with E-state index in [1.165, 1.54) is 25.3 Å². The molecule has 0 saturated heterocycles. The zero-order valence-corrected chi connectivity index (χ0v) is 10.8. The van der Waals surface area contributed by atoms with Gasteiger partial charge in [-0.25, -0.2) is 4.39 Å². The maximum Gasteiger partial charge on any atom is 0.137 e. The predicted octanol–water partition coefficient (Wildman–Crippen LogP) is 3.51. The number of halogens is 2. The van der Waals surface area contributed by atoms with E-state index in [0.717, 1.165) is 18.5 Å². The van der Waals surface area contributed by atoms with E-state index in [0.29, 0.717) is 16.3 Å². The molecule has 1 fully saturated rings. The first-order valence-corrected chi connectivity index (χ1v) is 6.64. The Morgan fingerprint density at radius 3 is 2.81 bits per heavy atom. The quantitative estimate of drug-likeness (QED) is 0.904. The van der Waals surface area contributed by atoms with Gasteiger partial charge in [-0.1, -0.05) is 18.6 Å². The second kappa shape index (κ2) is 5.28. The highest BCUT2D eigenvalue weighted by Crippen LogP contribution is 2.35. The summed E-state index contributed by atoms with van der Waals surface area (Å²) >= 11 is 3.32. The normalized spacial score (nSPS) is 24.9. The Kier molecular flexibility index (Phi) is 3.98. The summed E-state index contributed by atoms with van der Waals surface area (Å²) in [5, 5.41) is 0. The van der Waals surface area contributed by atoms with Crippen LogP contribution in [-0.4, -0.2) is 6.54 Å². The van der Waals surface area contributed by atoms with E-state index in [1.807, 2.05) is 6.07 Å². The second-order valence-corrected chi connectivity index (χ2v) is 5.40. The molecule has 0 aromatic heterocycles. The lowest BCUT2D eigenvalue weighted by Crippen LogP contribution is -2.20. The van der Waals surface area contributed by atoms with Gasteiger partial charge < -0.3 is 5.73 Å². The van der Waals surface area contributed by atoms with Gasteiger partial charge in [0.05, 0.1) is 4.47 Å². The van der Waals surface area contributed by atoms with Gasteiger partial charge in [0.2, 0.25) is 0 Å². The van der Waals surface area contributed by atoms with E-state index in [1.54, 1.807) is 6.07 Å². The molecule has 0 bridgehead atoms. The molecule has 88 valence electrons. The molecule has 1 aliphatic rings. The Morgan fingerprint density at radius 1 is 1.31 bits per heavy atom. The van der Waals surface area contributed by atoms with E-state index < -0.39 is 0 Å². The largest absolute Gasteiger partial charge is 0.330 e. The van der Waals surface area contributed by atoms with Crippen molar-refractivity contribution >= 4 is 15.9 Å². The van der Waals surface area contributed by atoms with Crippen LogP contribution in [0.5, 0.6) is 0 Å². The van der Waals surface area contributed by atoms with Crippen molar-refractivity contribution in [3.63, 3.8) is 0 Å². The molecule has 16 heavy (non-hydrogen) atoms. The third kappa shape index (κ3) is 2.46. The zero-order valence-electron chi connectivity index (χ0n) is 9.26. The Hall–Kier alpha value is -0.410. The number of nitrogens with two attached hydrogens (primary N) is 1. The molecule has 3 heteroatoms. The van der Waals surface area contributed by atoms with Crippen LogP contribution in [0.3, 0.4) is 0 Å². The van der Waals surface area contributed by atoms with E-state index in [4.69, 9.17) is 5.73 Å². The lowest BCUT2D eigenvalue weighted by atomic mass is 9.90. The van der Waals surface area contributed by atoms with Crippen LogP contribution in [0.2, 0.25) is 0 Å². The summed E-state index contributed by atoms with van der Waals surface area (Å²) in [6, 6.07) is 5.27. The summed E-state index contributed by atoms with van der Waals surface area (Å²) < 4.78 is 14.0. The van der Waals surface area contributed by atoms with Crippen LogP contribution in [0.15, 0.2) is 22.7 Å². The molecule has 0 radical (unpaired) electrons. The van der Waals surface area contributed by atoms with Gasteiger partial charge in [0.1, 0.15) is 5.82 Å². The molecule has 1 aliphatic carbocycles. The molecule has 0 heterocycles. The topological polar surface area (TPSA) is 26.0 Å². The molecule has 1 saturated carbocycles. The van der Waals surface area contributed by atoms with Gasteiger partial charge in [0.25, 0.3) is 0 Å². The van der Waals surface area contributed by atoms with Gasteiger partial charge in [-0.3, -0.25) is 0 Å². The molecular weight excluding hydrogens is 269 g/mol. The molecule has 2 N–H and O–H groups in total. The minimum atomic E-state index is -0.167. The summed E-state index contributed by atoms with van der Waals surface area (Å²) in [5.74, 6) is 1.08. The standard InChI is InChI=1S/C13H17BrFN/c14-13-10(4-2-6-12(13)15)7-9-3-1-5-11(9)8-16/h2,4,6,9,11H,1,3,5,7-8,16H2. The zero-order chi connectivity index (χ0) is 11.5. The van der Waals surface area contributed by atoms with Gasteiger partial charge in [-0.2, -0.15) is 0 Å². The van der Waals surface area contributed by atoms with Gasteiger partial charge in [0.15, 0.2) is 0 Å². The number of hydrogen-bond donors (Lipinski definition) is 1. The van der Waals surface area contributed by atoms with Crippen LogP contribution in [0.4, 0.5) is 4.39 Å². The van der Waals surface area contributed by atoms with Crippen molar-refractivity contribution in [3.05, 3.63) is 34.1 Å². The Morgan fingerprint density at radius 2 is 2.06 bits per heavy atom. The molecule has 2 rings (SSSR count). The number of benzene rings is 1. The molecule has 1 aromatic rings.